The molecule has 7 heteroatoms. The first-order chi connectivity index (χ1) is 9.47. The molecular weight excluding hydrogens is 280 g/mol. The Kier molecular flexibility index (Phi) is 4.14. The Morgan fingerprint density at radius 2 is 2.30 bits per heavy atom. The second kappa shape index (κ2) is 5.83. The number of aromatic carboxylic acids is 1. The van der Waals surface area contributed by atoms with Crippen LogP contribution in [0.2, 0.25) is 5.02 Å². The number of nitrogen functional groups attached to an aromatic ring is 1. The lowest BCUT2D eigenvalue weighted by molar-refractivity contribution is 0.0698. The predicted octanol–water partition coefficient (Wildman–Crippen LogP) is 2.01. The highest BCUT2D eigenvalue weighted by Crippen LogP contribution is 2.29. The van der Waals surface area contributed by atoms with Crippen molar-refractivity contribution in [3.05, 3.63) is 40.7 Å². The molecule has 0 aliphatic carbocycles. The molecule has 0 amide bonds. The van der Waals surface area contributed by atoms with E-state index < -0.39 is 5.97 Å². The van der Waals surface area contributed by atoms with Gasteiger partial charge in [-0.25, -0.2) is 4.79 Å². The summed E-state index contributed by atoms with van der Waals surface area (Å²) in [4.78, 5) is 11.2. The van der Waals surface area contributed by atoms with Crippen molar-refractivity contribution in [2.75, 3.05) is 17.6 Å². The maximum Gasteiger partial charge on any atom is 0.337 e. The number of carboxylic acid groups (broad SMARTS) is 1. The Bertz CT molecular complexity index is 639. The average molecular weight is 295 g/mol. The number of nitrogens with one attached hydrogen (secondary N) is 1. The van der Waals surface area contributed by atoms with Crippen molar-refractivity contribution >= 4 is 28.9 Å². The zero-order valence-electron chi connectivity index (χ0n) is 10.9. The average Bonchev–Trinajstić information content (AvgIpc) is 2.77. The summed E-state index contributed by atoms with van der Waals surface area (Å²) >= 11 is 6.04. The number of rotatable bonds is 5. The molecule has 20 heavy (non-hydrogen) atoms. The fourth-order valence-electron chi connectivity index (χ4n) is 1.91. The first-order valence-electron chi connectivity index (χ1n) is 6.01. The van der Waals surface area contributed by atoms with Gasteiger partial charge in [-0.05, 0) is 24.1 Å². The van der Waals surface area contributed by atoms with Crippen LogP contribution in [0.3, 0.4) is 0 Å². The van der Waals surface area contributed by atoms with E-state index in [9.17, 15) is 4.79 Å². The maximum atomic E-state index is 11.2. The third-order valence-corrected chi connectivity index (χ3v) is 3.11. The summed E-state index contributed by atoms with van der Waals surface area (Å²) in [5.74, 6) is -1.07. The minimum atomic E-state index is -1.07. The van der Waals surface area contributed by atoms with E-state index in [0.717, 1.165) is 5.56 Å². The number of anilines is 2. The zero-order valence-corrected chi connectivity index (χ0v) is 11.7. The topological polar surface area (TPSA) is 93.2 Å². The third-order valence-electron chi connectivity index (χ3n) is 2.82. The molecule has 106 valence electrons. The minimum absolute atomic E-state index is 0.0705. The predicted molar refractivity (Wildman–Crippen MR) is 78.2 cm³/mol. The van der Waals surface area contributed by atoms with Gasteiger partial charge in [-0.2, -0.15) is 5.10 Å². The summed E-state index contributed by atoms with van der Waals surface area (Å²) in [6.45, 7) is 0.551. The lowest BCUT2D eigenvalue weighted by Gasteiger charge is -2.12. The molecule has 1 aromatic carbocycles. The first-order valence-corrected chi connectivity index (χ1v) is 6.39. The van der Waals surface area contributed by atoms with E-state index in [1.165, 1.54) is 12.1 Å². The number of nitrogens with two attached hydrogens (primary N) is 1. The highest BCUT2D eigenvalue weighted by atomic mass is 35.5. The van der Waals surface area contributed by atoms with Gasteiger partial charge in [0.25, 0.3) is 0 Å². The summed E-state index contributed by atoms with van der Waals surface area (Å²) < 4.78 is 1.72. The van der Waals surface area contributed by atoms with Crippen LogP contribution in [-0.2, 0) is 13.5 Å². The van der Waals surface area contributed by atoms with E-state index in [0.29, 0.717) is 29.4 Å². The van der Waals surface area contributed by atoms with Crippen molar-refractivity contribution in [1.82, 2.24) is 9.78 Å². The summed E-state index contributed by atoms with van der Waals surface area (Å²) in [5.41, 5.74) is 7.44. The highest BCUT2D eigenvalue weighted by Gasteiger charge is 2.14. The van der Waals surface area contributed by atoms with E-state index in [2.05, 4.69) is 10.4 Å². The molecule has 0 aliphatic rings. The second-order valence-corrected chi connectivity index (χ2v) is 4.84. The monoisotopic (exact) mass is 294 g/mol. The van der Waals surface area contributed by atoms with E-state index in [4.69, 9.17) is 22.4 Å². The summed E-state index contributed by atoms with van der Waals surface area (Å²) in [6, 6.07) is 2.92. The zero-order chi connectivity index (χ0) is 14.7. The van der Waals surface area contributed by atoms with Crippen molar-refractivity contribution in [3.63, 3.8) is 0 Å². The van der Waals surface area contributed by atoms with Gasteiger partial charge >= 0.3 is 5.97 Å². The van der Waals surface area contributed by atoms with Gasteiger partial charge in [-0.3, -0.25) is 4.68 Å². The summed E-state index contributed by atoms with van der Waals surface area (Å²) in [5, 5.41) is 16.6. The molecule has 2 aromatic rings. The van der Waals surface area contributed by atoms with Crippen LogP contribution >= 0.6 is 11.6 Å². The van der Waals surface area contributed by atoms with Gasteiger partial charge in [0.15, 0.2) is 0 Å². The number of aromatic nitrogens is 2. The van der Waals surface area contributed by atoms with Crippen LogP contribution in [0.4, 0.5) is 11.4 Å². The lowest BCUT2D eigenvalue weighted by atomic mass is 10.1. The number of benzene rings is 1. The number of aryl methyl sites for hydroxylation is 1. The van der Waals surface area contributed by atoms with Gasteiger partial charge in [0.1, 0.15) is 0 Å². The molecule has 0 spiro atoms. The molecule has 4 N–H and O–H groups in total. The molecule has 0 saturated carbocycles. The Morgan fingerprint density at radius 1 is 1.55 bits per heavy atom. The van der Waals surface area contributed by atoms with E-state index >= 15 is 0 Å². The molecule has 2 rings (SSSR count). The largest absolute Gasteiger partial charge is 0.478 e. The molecule has 0 aliphatic heterocycles. The fourth-order valence-corrected chi connectivity index (χ4v) is 2.20. The minimum Gasteiger partial charge on any atom is -0.478 e. The van der Waals surface area contributed by atoms with E-state index in [1.54, 1.807) is 10.9 Å². The van der Waals surface area contributed by atoms with Crippen molar-refractivity contribution < 1.29 is 9.90 Å². The highest BCUT2D eigenvalue weighted by molar-refractivity contribution is 6.34. The van der Waals surface area contributed by atoms with Crippen LogP contribution in [0.25, 0.3) is 0 Å². The Hall–Kier alpha value is -2.21. The van der Waals surface area contributed by atoms with Crippen molar-refractivity contribution in [2.24, 2.45) is 7.05 Å². The van der Waals surface area contributed by atoms with Gasteiger partial charge in [0.2, 0.25) is 0 Å². The van der Waals surface area contributed by atoms with Crippen LogP contribution < -0.4 is 11.1 Å². The van der Waals surface area contributed by atoms with Gasteiger partial charge in [-0.15, -0.1) is 0 Å². The van der Waals surface area contributed by atoms with Crippen molar-refractivity contribution in [2.45, 2.75) is 6.42 Å². The van der Waals surface area contributed by atoms with Crippen LogP contribution in [0.1, 0.15) is 15.9 Å². The lowest BCUT2D eigenvalue weighted by Crippen LogP contribution is -2.10. The van der Waals surface area contributed by atoms with Gasteiger partial charge in [0, 0.05) is 25.5 Å². The molecule has 6 nitrogen and oxygen atoms in total. The van der Waals surface area contributed by atoms with Crippen LogP contribution in [0, 0.1) is 0 Å². The number of hydrogen-bond donors (Lipinski definition) is 3. The molecule has 0 unspecified atom stereocenters. The second-order valence-electron chi connectivity index (χ2n) is 4.43. The summed E-state index contributed by atoms with van der Waals surface area (Å²) in [6.07, 6.45) is 4.39. The van der Waals surface area contributed by atoms with Crippen LogP contribution in [0.15, 0.2) is 24.5 Å². The SMILES string of the molecule is Cn1cc(CCNc2c(Cl)cc(N)cc2C(=O)O)cn1. The fraction of sp³-hybridized carbons (Fsp3) is 0.231. The standard InChI is InChI=1S/C13H15ClN4O2/c1-18-7-8(6-17-18)2-3-16-12-10(13(19)20)4-9(15)5-11(12)14/h4-7,16H,2-3,15H2,1H3,(H,19,20). The van der Waals surface area contributed by atoms with E-state index in [-0.39, 0.29) is 5.56 Å². The Morgan fingerprint density at radius 3 is 2.90 bits per heavy atom. The molecule has 0 saturated heterocycles. The van der Waals surface area contributed by atoms with Gasteiger partial charge in [0.05, 0.1) is 22.5 Å². The quantitative estimate of drug-likeness (QED) is 0.734. The van der Waals surface area contributed by atoms with Crippen molar-refractivity contribution in [3.8, 4) is 0 Å². The number of halogens is 1. The maximum absolute atomic E-state index is 11.2. The molecule has 1 heterocycles. The number of carbonyl (C=O) groups is 1. The van der Waals surface area contributed by atoms with E-state index in [1.807, 2.05) is 13.2 Å². The number of nitrogens with zero attached hydrogens (tertiary/aromatic N) is 2. The van der Waals surface area contributed by atoms with Crippen LogP contribution in [0.5, 0.6) is 0 Å². The Labute approximate surface area is 121 Å². The van der Waals surface area contributed by atoms with Crippen LogP contribution in [-0.4, -0.2) is 27.4 Å². The third kappa shape index (κ3) is 3.21. The Balaban J connectivity index is 2.10. The molecule has 1 aromatic heterocycles. The molecule has 0 bridgehead atoms. The summed E-state index contributed by atoms with van der Waals surface area (Å²) in [7, 11) is 1.84. The smallest absolute Gasteiger partial charge is 0.337 e. The van der Waals surface area contributed by atoms with Gasteiger partial charge in [-0.1, -0.05) is 11.6 Å². The molecule has 0 radical (unpaired) electrons. The molecular formula is C13H15ClN4O2. The first kappa shape index (κ1) is 14.2. The number of carboxylic acids is 1. The normalized spacial score (nSPS) is 10.5. The van der Waals surface area contributed by atoms with Crippen molar-refractivity contribution in [1.29, 1.82) is 0 Å². The van der Waals surface area contributed by atoms with Gasteiger partial charge < -0.3 is 16.2 Å². The number of hydrogen-bond acceptors (Lipinski definition) is 4. The molecule has 0 atom stereocenters. The molecule has 0 fully saturated rings.